The van der Waals surface area contributed by atoms with Gasteiger partial charge in [-0.25, -0.2) is 9.37 Å². The first-order chi connectivity index (χ1) is 13.5. The van der Waals surface area contributed by atoms with Crippen LogP contribution in [0.1, 0.15) is 10.4 Å². The van der Waals surface area contributed by atoms with E-state index in [1.54, 1.807) is 42.7 Å². The van der Waals surface area contributed by atoms with Crippen molar-refractivity contribution in [2.75, 3.05) is 24.9 Å². The maximum atomic E-state index is 14.4. The van der Waals surface area contributed by atoms with Gasteiger partial charge in [0, 0.05) is 42.0 Å². The molecule has 2 aromatic heterocycles. The fourth-order valence-corrected chi connectivity index (χ4v) is 2.45. The number of carbonyl (C=O) groups excluding carboxylic acids is 1. The monoisotopic (exact) mass is 383 g/mol. The van der Waals surface area contributed by atoms with Crippen molar-refractivity contribution in [2.24, 2.45) is 5.73 Å². The highest BCUT2D eigenvalue weighted by molar-refractivity contribution is 5.98. The molecule has 0 unspecified atom stereocenters. The van der Waals surface area contributed by atoms with E-state index in [1.807, 2.05) is 0 Å². The summed E-state index contributed by atoms with van der Waals surface area (Å²) in [5.41, 5.74) is 6.40. The summed E-state index contributed by atoms with van der Waals surface area (Å²) in [6.07, 6.45) is 3.11. The first-order valence-electron chi connectivity index (χ1n) is 8.17. The van der Waals surface area contributed by atoms with Crippen LogP contribution in [0.15, 0.2) is 48.8 Å². The van der Waals surface area contributed by atoms with Gasteiger partial charge in [-0.1, -0.05) is 0 Å². The van der Waals surface area contributed by atoms with Crippen molar-refractivity contribution in [1.82, 2.24) is 9.97 Å². The summed E-state index contributed by atoms with van der Waals surface area (Å²) in [6, 6.07) is 9.38. The van der Waals surface area contributed by atoms with Crippen molar-refractivity contribution in [1.29, 1.82) is 0 Å². The Kier molecular flexibility index (Phi) is 5.54. The summed E-state index contributed by atoms with van der Waals surface area (Å²) < 4.78 is 24.9. The van der Waals surface area contributed by atoms with E-state index in [4.69, 9.17) is 15.2 Å². The smallest absolute Gasteiger partial charge is 0.252 e. The first-order valence-corrected chi connectivity index (χ1v) is 8.17. The molecule has 2 heterocycles. The fourth-order valence-electron chi connectivity index (χ4n) is 2.45. The van der Waals surface area contributed by atoms with Crippen molar-refractivity contribution in [3.63, 3.8) is 0 Å². The van der Waals surface area contributed by atoms with Crippen LogP contribution in [0.25, 0.3) is 0 Å². The molecule has 1 aromatic carbocycles. The number of methoxy groups -OCH3 is 2. The van der Waals surface area contributed by atoms with Crippen LogP contribution < -0.4 is 25.8 Å². The Hall–Kier alpha value is -3.88. The van der Waals surface area contributed by atoms with Crippen LogP contribution in [0.3, 0.4) is 0 Å². The number of nitrogens with one attached hydrogen (secondary N) is 2. The van der Waals surface area contributed by atoms with Gasteiger partial charge in [0.1, 0.15) is 17.3 Å². The van der Waals surface area contributed by atoms with Gasteiger partial charge >= 0.3 is 0 Å². The molecule has 0 atom stereocenters. The number of hydrogen-bond acceptors (Lipinski definition) is 7. The number of hydrogen-bond donors (Lipinski definition) is 3. The highest BCUT2D eigenvalue weighted by atomic mass is 19.1. The standard InChI is InChI=1S/C19H18FN5O3/c1-27-13-7-12(8-14(9-13)28-2)24-18-15(17(21)26)10-16(20)19(25-18)23-11-3-5-22-6-4-11/h3-10H,1-2H3,(H2,21,26)(H2,22,23,24,25). The number of amides is 1. The van der Waals surface area contributed by atoms with Crippen molar-refractivity contribution < 1.29 is 18.7 Å². The third-order valence-electron chi connectivity index (χ3n) is 3.80. The molecule has 0 fully saturated rings. The predicted octanol–water partition coefficient (Wildman–Crippen LogP) is 3.22. The molecule has 0 bridgehead atoms. The highest BCUT2D eigenvalue weighted by Crippen LogP contribution is 2.30. The average molecular weight is 383 g/mol. The van der Waals surface area contributed by atoms with Crippen LogP contribution in [0.5, 0.6) is 11.5 Å². The number of aromatic nitrogens is 2. The van der Waals surface area contributed by atoms with Crippen LogP contribution in [-0.2, 0) is 0 Å². The average Bonchev–Trinajstić information content (AvgIpc) is 2.70. The molecule has 3 rings (SSSR count). The zero-order valence-electron chi connectivity index (χ0n) is 15.2. The normalized spacial score (nSPS) is 10.2. The van der Waals surface area contributed by atoms with Gasteiger partial charge < -0.3 is 25.8 Å². The minimum Gasteiger partial charge on any atom is -0.497 e. The summed E-state index contributed by atoms with van der Waals surface area (Å²) in [7, 11) is 3.03. The van der Waals surface area contributed by atoms with Crippen LogP contribution in [-0.4, -0.2) is 30.1 Å². The largest absolute Gasteiger partial charge is 0.497 e. The summed E-state index contributed by atoms with van der Waals surface area (Å²) in [4.78, 5) is 19.9. The Morgan fingerprint density at radius 3 is 2.14 bits per heavy atom. The number of nitrogens with two attached hydrogens (primary N) is 1. The number of rotatable bonds is 7. The molecule has 3 aromatic rings. The first kappa shape index (κ1) is 18.9. The molecular weight excluding hydrogens is 365 g/mol. The SMILES string of the molecule is COc1cc(Nc2nc(Nc3ccncc3)c(F)cc2C(N)=O)cc(OC)c1. The summed E-state index contributed by atoms with van der Waals surface area (Å²) in [5.74, 6) is -0.479. The van der Waals surface area contributed by atoms with E-state index in [0.29, 0.717) is 22.9 Å². The third kappa shape index (κ3) is 4.26. The molecule has 0 spiro atoms. The maximum absolute atomic E-state index is 14.4. The lowest BCUT2D eigenvalue weighted by molar-refractivity contribution is 0.100. The molecule has 0 saturated carbocycles. The Morgan fingerprint density at radius 1 is 0.964 bits per heavy atom. The van der Waals surface area contributed by atoms with Gasteiger partial charge in [0.15, 0.2) is 11.6 Å². The molecule has 28 heavy (non-hydrogen) atoms. The zero-order chi connectivity index (χ0) is 20.1. The zero-order valence-corrected chi connectivity index (χ0v) is 15.2. The highest BCUT2D eigenvalue weighted by Gasteiger charge is 2.17. The quantitative estimate of drug-likeness (QED) is 0.574. The van der Waals surface area contributed by atoms with Gasteiger partial charge in [-0.05, 0) is 18.2 Å². The molecule has 1 amide bonds. The second-order valence-electron chi connectivity index (χ2n) is 5.67. The lowest BCUT2D eigenvalue weighted by atomic mass is 10.2. The Bertz CT molecular complexity index is 976. The van der Waals surface area contributed by atoms with E-state index >= 15 is 0 Å². The number of carbonyl (C=O) groups is 1. The van der Waals surface area contributed by atoms with Crippen LogP contribution in [0, 0.1) is 5.82 Å². The van der Waals surface area contributed by atoms with E-state index in [1.165, 1.54) is 14.2 Å². The number of benzene rings is 1. The van der Waals surface area contributed by atoms with Gasteiger partial charge in [-0.15, -0.1) is 0 Å². The van der Waals surface area contributed by atoms with E-state index in [-0.39, 0.29) is 17.2 Å². The Balaban J connectivity index is 2.01. The molecular formula is C19H18FN5O3. The second-order valence-corrected chi connectivity index (χ2v) is 5.67. The van der Waals surface area contributed by atoms with Crippen molar-refractivity contribution in [2.45, 2.75) is 0 Å². The van der Waals surface area contributed by atoms with Crippen LogP contribution in [0.4, 0.5) is 27.4 Å². The molecule has 0 radical (unpaired) electrons. The van der Waals surface area contributed by atoms with E-state index < -0.39 is 11.7 Å². The van der Waals surface area contributed by atoms with Gasteiger partial charge in [0.05, 0.1) is 19.8 Å². The van der Waals surface area contributed by atoms with Gasteiger partial charge in [-0.3, -0.25) is 9.78 Å². The summed E-state index contributed by atoms with van der Waals surface area (Å²) >= 11 is 0. The predicted molar refractivity (Wildman–Crippen MR) is 103 cm³/mol. The minimum absolute atomic E-state index is 0.0754. The number of nitrogens with zero attached hydrogens (tertiary/aromatic N) is 2. The Morgan fingerprint density at radius 2 is 1.57 bits per heavy atom. The van der Waals surface area contributed by atoms with Gasteiger partial charge in [0.25, 0.3) is 5.91 Å². The van der Waals surface area contributed by atoms with Crippen molar-refractivity contribution in [3.05, 3.63) is 60.2 Å². The fraction of sp³-hybridized carbons (Fsp3) is 0.105. The molecule has 0 aliphatic heterocycles. The molecule has 0 saturated heterocycles. The minimum atomic E-state index is -0.820. The number of anilines is 4. The third-order valence-corrected chi connectivity index (χ3v) is 3.80. The molecule has 0 aliphatic rings. The number of pyridine rings is 2. The topological polar surface area (TPSA) is 111 Å². The molecule has 9 heteroatoms. The lowest BCUT2D eigenvalue weighted by Gasteiger charge is -2.14. The summed E-state index contributed by atoms with van der Waals surface area (Å²) in [5, 5.41) is 5.81. The number of ether oxygens (including phenoxy) is 2. The van der Waals surface area contributed by atoms with E-state index in [9.17, 15) is 9.18 Å². The van der Waals surface area contributed by atoms with E-state index in [0.717, 1.165) is 6.07 Å². The molecule has 4 N–H and O–H groups in total. The van der Waals surface area contributed by atoms with Crippen molar-refractivity contribution in [3.8, 4) is 11.5 Å². The van der Waals surface area contributed by atoms with Crippen LogP contribution >= 0.6 is 0 Å². The summed E-state index contributed by atoms with van der Waals surface area (Å²) in [6.45, 7) is 0. The second kappa shape index (κ2) is 8.21. The molecule has 144 valence electrons. The maximum Gasteiger partial charge on any atom is 0.252 e. The Labute approximate surface area is 160 Å². The molecule has 0 aliphatic carbocycles. The lowest BCUT2D eigenvalue weighted by Crippen LogP contribution is -2.16. The number of halogens is 1. The van der Waals surface area contributed by atoms with Gasteiger partial charge in [-0.2, -0.15) is 0 Å². The van der Waals surface area contributed by atoms with Gasteiger partial charge in [0.2, 0.25) is 0 Å². The molecule has 8 nitrogen and oxygen atoms in total. The number of primary amides is 1. The van der Waals surface area contributed by atoms with Crippen LogP contribution in [0.2, 0.25) is 0 Å². The van der Waals surface area contributed by atoms with E-state index in [2.05, 4.69) is 20.6 Å². The van der Waals surface area contributed by atoms with Crippen molar-refractivity contribution >= 4 is 28.9 Å².